The van der Waals surface area contributed by atoms with Crippen LogP contribution in [0, 0.1) is 0 Å². The van der Waals surface area contributed by atoms with Crippen LogP contribution in [-0.4, -0.2) is 5.11 Å². The van der Waals surface area contributed by atoms with Gasteiger partial charge in [0.15, 0.2) is 5.75 Å². The average molecular weight is 228 g/mol. The zero-order valence-corrected chi connectivity index (χ0v) is 8.49. The van der Waals surface area contributed by atoms with E-state index in [1.54, 1.807) is 6.07 Å². The molecule has 0 bridgehead atoms. The number of aromatic hydroxyl groups is 1. The molecule has 13 heavy (non-hydrogen) atoms. The summed E-state index contributed by atoms with van der Waals surface area (Å²) in [5.41, 5.74) is 0.629. The van der Waals surface area contributed by atoms with Crippen molar-refractivity contribution < 1.29 is 22.2 Å². The molecule has 0 aromatic heterocycles. The first-order valence-corrected chi connectivity index (χ1v) is 3.94. The van der Waals surface area contributed by atoms with E-state index in [4.69, 9.17) is 5.11 Å². The second-order valence-corrected chi connectivity index (χ2v) is 3.07. The van der Waals surface area contributed by atoms with Crippen LogP contribution in [0.15, 0.2) is 29.1 Å². The minimum atomic E-state index is -0.316. The Balaban J connectivity index is 0.00000144. The molecule has 1 N–H and O–H groups in total. The van der Waals surface area contributed by atoms with Crippen LogP contribution in [0.3, 0.4) is 0 Å². The predicted octanol–water partition coefficient (Wildman–Crippen LogP) is 1.87. The van der Waals surface area contributed by atoms with E-state index in [0.29, 0.717) is 5.92 Å². The molecule has 0 aliphatic heterocycles. The maximum Gasteiger partial charge on any atom is 0.220 e. The van der Waals surface area contributed by atoms with Gasteiger partial charge in [0.2, 0.25) is 5.43 Å². The molecule has 1 rings (SSSR count). The van der Waals surface area contributed by atoms with Crippen LogP contribution in [0.25, 0.3) is 0 Å². The predicted molar refractivity (Wildman–Crippen MR) is 48.5 cm³/mol. The van der Waals surface area contributed by atoms with E-state index in [1.807, 2.05) is 19.9 Å². The Hall–Kier alpha value is -0.791. The van der Waals surface area contributed by atoms with E-state index >= 15 is 0 Å². The third-order valence-electron chi connectivity index (χ3n) is 1.76. The molecule has 3 heteroatoms. The molecule has 0 aliphatic rings. The van der Waals surface area contributed by atoms with E-state index in [2.05, 4.69) is 0 Å². The van der Waals surface area contributed by atoms with Crippen molar-refractivity contribution in [2.45, 2.75) is 19.8 Å². The zero-order valence-electron chi connectivity index (χ0n) is 7.54. The second-order valence-electron chi connectivity index (χ2n) is 3.07. The molecule has 2 nitrogen and oxygen atoms in total. The number of hydrogen-bond acceptors (Lipinski definition) is 2. The van der Waals surface area contributed by atoms with Crippen LogP contribution in [0.2, 0.25) is 0 Å². The van der Waals surface area contributed by atoms with Gasteiger partial charge in [-0.3, -0.25) is 4.79 Å². The molecule has 0 aliphatic carbocycles. The quantitative estimate of drug-likeness (QED) is 0.744. The van der Waals surface area contributed by atoms with Gasteiger partial charge in [-0.05, 0) is 23.6 Å². The summed E-state index contributed by atoms with van der Waals surface area (Å²) in [6, 6.07) is 6.41. The van der Waals surface area contributed by atoms with Gasteiger partial charge in [-0.15, -0.1) is 0 Å². The molecule has 0 atom stereocenters. The SMILES string of the molecule is CC(C)c1cccc(O)c(=O)c1.[Cu]. The summed E-state index contributed by atoms with van der Waals surface area (Å²) < 4.78 is 0. The van der Waals surface area contributed by atoms with Gasteiger partial charge in [0, 0.05) is 17.1 Å². The van der Waals surface area contributed by atoms with Gasteiger partial charge in [0.25, 0.3) is 0 Å². The maximum absolute atomic E-state index is 11.1. The summed E-state index contributed by atoms with van der Waals surface area (Å²) in [7, 11) is 0. The standard InChI is InChI=1S/C10H12O2.Cu/c1-7(2)8-4-3-5-9(11)10(12)6-8;/h3-7H,1-2H3,(H,11,12);. The molecule has 1 aromatic carbocycles. The normalized spacial score (nSPS) is 9.46. The summed E-state index contributed by atoms with van der Waals surface area (Å²) in [4.78, 5) is 11.1. The molecule has 1 radical (unpaired) electrons. The van der Waals surface area contributed by atoms with Crippen molar-refractivity contribution in [3.05, 3.63) is 40.1 Å². The van der Waals surface area contributed by atoms with E-state index in [0.717, 1.165) is 5.56 Å². The molecular weight excluding hydrogens is 216 g/mol. The van der Waals surface area contributed by atoms with Gasteiger partial charge < -0.3 is 5.11 Å². The number of hydrogen-bond donors (Lipinski definition) is 1. The molecular formula is C10H12CuO2. The van der Waals surface area contributed by atoms with Crippen molar-refractivity contribution in [1.29, 1.82) is 0 Å². The number of rotatable bonds is 1. The summed E-state index contributed by atoms with van der Waals surface area (Å²) in [5.74, 6) is 0.117. The Morgan fingerprint density at radius 1 is 1.31 bits per heavy atom. The van der Waals surface area contributed by atoms with Crippen molar-refractivity contribution in [3.63, 3.8) is 0 Å². The van der Waals surface area contributed by atoms with Gasteiger partial charge in [0.05, 0.1) is 0 Å². The summed E-state index contributed by atoms with van der Waals surface area (Å²) in [6.07, 6.45) is 0. The molecule has 0 amide bonds. The first-order valence-electron chi connectivity index (χ1n) is 3.94. The molecule has 0 heterocycles. The minimum absolute atomic E-state index is 0. The van der Waals surface area contributed by atoms with Gasteiger partial charge in [-0.1, -0.05) is 26.0 Å². The van der Waals surface area contributed by atoms with E-state index in [9.17, 15) is 4.79 Å². The molecule has 0 spiro atoms. The average Bonchev–Trinajstić information content (AvgIpc) is 2.15. The molecule has 75 valence electrons. The minimum Gasteiger partial charge on any atom is -0.504 e. The fraction of sp³-hybridized carbons (Fsp3) is 0.300. The van der Waals surface area contributed by atoms with Gasteiger partial charge in [-0.2, -0.15) is 0 Å². The fourth-order valence-corrected chi connectivity index (χ4v) is 0.965. The van der Waals surface area contributed by atoms with E-state index < -0.39 is 0 Å². The third kappa shape index (κ3) is 3.21. The maximum atomic E-state index is 11.1. The largest absolute Gasteiger partial charge is 0.504 e. The summed E-state index contributed by atoms with van der Waals surface area (Å²) >= 11 is 0. The van der Waals surface area contributed by atoms with Crippen molar-refractivity contribution in [1.82, 2.24) is 0 Å². The Morgan fingerprint density at radius 3 is 2.46 bits per heavy atom. The van der Waals surface area contributed by atoms with Crippen molar-refractivity contribution in [3.8, 4) is 5.75 Å². The van der Waals surface area contributed by atoms with Gasteiger partial charge >= 0.3 is 0 Å². The fourth-order valence-electron chi connectivity index (χ4n) is 0.965. The Morgan fingerprint density at radius 2 is 1.92 bits per heavy atom. The zero-order chi connectivity index (χ0) is 9.14. The van der Waals surface area contributed by atoms with Crippen LogP contribution in [0.4, 0.5) is 0 Å². The topological polar surface area (TPSA) is 37.3 Å². The van der Waals surface area contributed by atoms with Crippen LogP contribution in [0.5, 0.6) is 5.75 Å². The molecule has 1 aromatic rings. The first-order chi connectivity index (χ1) is 5.61. The third-order valence-corrected chi connectivity index (χ3v) is 1.76. The Bertz CT molecular complexity index is 334. The summed E-state index contributed by atoms with van der Waals surface area (Å²) in [5, 5.41) is 9.07. The Kier molecular flexibility index (Phi) is 4.74. The molecule has 0 fully saturated rings. The molecule has 0 saturated carbocycles. The second kappa shape index (κ2) is 5.05. The van der Waals surface area contributed by atoms with E-state index in [1.165, 1.54) is 12.1 Å². The van der Waals surface area contributed by atoms with Crippen LogP contribution in [-0.2, 0) is 17.1 Å². The van der Waals surface area contributed by atoms with Crippen LogP contribution >= 0.6 is 0 Å². The van der Waals surface area contributed by atoms with Gasteiger partial charge in [-0.25, -0.2) is 0 Å². The Labute approximate surface area is 88.1 Å². The van der Waals surface area contributed by atoms with Crippen molar-refractivity contribution in [2.24, 2.45) is 0 Å². The molecule has 0 unspecified atom stereocenters. The summed E-state index contributed by atoms with van der Waals surface area (Å²) in [6.45, 7) is 4.01. The van der Waals surface area contributed by atoms with Crippen LogP contribution in [0.1, 0.15) is 25.3 Å². The van der Waals surface area contributed by atoms with Crippen molar-refractivity contribution >= 4 is 0 Å². The molecule has 0 saturated heterocycles. The first kappa shape index (κ1) is 12.2. The van der Waals surface area contributed by atoms with Crippen molar-refractivity contribution in [2.75, 3.05) is 0 Å². The van der Waals surface area contributed by atoms with Crippen LogP contribution < -0.4 is 5.43 Å². The van der Waals surface area contributed by atoms with E-state index in [-0.39, 0.29) is 28.2 Å². The van der Waals surface area contributed by atoms with Gasteiger partial charge in [0.1, 0.15) is 0 Å². The smallest absolute Gasteiger partial charge is 0.220 e. The monoisotopic (exact) mass is 227 g/mol.